The topological polar surface area (TPSA) is 64.7 Å². The van der Waals surface area contributed by atoms with Crippen LogP contribution in [-0.2, 0) is 0 Å². The van der Waals surface area contributed by atoms with Crippen LogP contribution in [0.3, 0.4) is 0 Å². The molecule has 5 nitrogen and oxygen atoms in total. The Bertz CT molecular complexity index is 2540. The molecule has 0 aliphatic rings. The minimum absolute atomic E-state index is 0.563. The van der Waals surface area contributed by atoms with Crippen molar-refractivity contribution in [3.8, 4) is 56.4 Å². The molecule has 0 radical (unpaired) electrons. The summed E-state index contributed by atoms with van der Waals surface area (Å²) >= 11 is 0. The summed E-state index contributed by atoms with van der Waals surface area (Å²) in [5.74, 6) is 1.29. The molecule has 0 saturated heterocycles. The van der Waals surface area contributed by atoms with Crippen LogP contribution < -0.4 is 0 Å². The molecule has 0 fully saturated rings. The fourth-order valence-corrected chi connectivity index (χ4v) is 6.20. The summed E-state index contributed by atoms with van der Waals surface area (Å²) < 4.78 is 6.29. The van der Waals surface area contributed by atoms with Crippen LogP contribution >= 0.6 is 0 Å². The van der Waals surface area contributed by atoms with Crippen LogP contribution in [0.2, 0.25) is 0 Å². The van der Waals surface area contributed by atoms with Crippen LogP contribution in [0.5, 0.6) is 0 Å². The lowest BCUT2D eigenvalue weighted by Gasteiger charge is -2.10. The molecule has 0 amide bonds. The molecule has 0 aliphatic heterocycles. The third-order valence-electron chi connectivity index (χ3n) is 8.56. The molecule has 0 spiro atoms. The second-order valence-corrected chi connectivity index (χ2v) is 11.5. The van der Waals surface area contributed by atoms with Gasteiger partial charge in [0.1, 0.15) is 5.58 Å². The van der Waals surface area contributed by atoms with Gasteiger partial charge in [0.2, 0.25) is 5.71 Å². The summed E-state index contributed by atoms with van der Waals surface area (Å²) in [6.45, 7) is 0. The van der Waals surface area contributed by atoms with Crippen molar-refractivity contribution in [1.82, 2.24) is 19.9 Å². The third kappa shape index (κ3) is 4.82. The average molecular weight is 603 g/mol. The van der Waals surface area contributed by atoms with Gasteiger partial charge in [-0.2, -0.15) is 4.98 Å². The van der Waals surface area contributed by atoms with E-state index in [9.17, 15) is 0 Å². The Morgan fingerprint density at radius 3 is 1.55 bits per heavy atom. The predicted molar refractivity (Wildman–Crippen MR) is 190 cm³/mol. The Morgan fingerprint density at radius 2 is 0.830 bits per heavy atom. The molecule has 0 unspecified atom stereocenters. The van der Waals surface area contributed by atoms with Crippen molar-refractivity contribution in [1.29, 1.82) is 0 Å². The van der Waals surface area contributed by atoms with Crippen molar-refractivity contribution >= 4 is 33.0 Å². The standard InChI is InChI=1S/C42H26N4O/c1-3-11-27(12-4-1)28-19-23-32(24-20-28)41-45-39(37-34-16-8-10-18-36(34)47-42(37)46-41)30-21-25-31(26-22-30)40-43-35-17-9-7-15-33(35)38(44-40)29-13-5-2-6-14-29/h1-26H. The number of hydrogen-bond acceptors (Lipinski definition) is 5. The van der Waals surface area contributed by atoms with Gasteiger partial charge in [0.15, 0.2) is 11.6 Å². The van der Waals surface area contributed by atoms with Crippen LogP contribution in [0, 0.1) is 0 Å². The van der Waals surface area contributed by atoms with E-state index in [-0.39, 0.29) is 0 Å². The maximum Gasteiger partial charge on any atom is 0.231 e. The summed E-state index contributed by atoms with van der Waals surface area (Å²) in [5, 5.41) is 2.91. The van der Waals surface area contributed by atoms with Gasteiger partial charge in [-0.25, -0.2) is 15.0 Å². The Labute approximate surface area is 270 Å². The molecular weight excluding hydrogens is 576 g/mol. The highest BCUT2D eigenvalue weighted by molar-refractivity contribution is 6.10. The van der Waals surface area contributed by atoms with Gasteiger partial charge in [0, 0.05) is 33.0 Å². The normalized spacial score (nSPS) is 11.4. The van der Waals surface area contributed by atoms with E-state index in [1.807, 2.05) is 72.8 Å². The van der Waals surface area contributed by atoms with E-state index in [0.29, 0.717) is 17.4 Å². The first kappa shape index (κ1) is 26.9. The van der Waals surface area contributed by atoms with Crippen molar-refractivity contribution in [2.75, 3.05) is 0 Å². The lowest BCUT2D eigenvalue weighted by Crippen LogP contribution is -1.96. The molecule has 9 rings (SSSR count). The first-order chi connectivity index (χ1) is 23.3. The molecule has 0 aliphatic carbocycles. The van der Waals surface area contributed by atoms with Gasteiger partial charge in [-0.05, 0) is 23.3 Å². The Kier molecular flexibility index (Phi) is 6.39. The van der Waals surface area contributed by atoms with Crippen molar-refractivity contribution in [2.45, 2.75) is 0 Å². The molecule has 5 heteroatoms. The van der Waals surface area contributed by atoms with Gasteiger partial charge in [-0.3, -0.25) is 0 Å². The third-order valence-corrected chi connectivity index (χ3v) is 8.56. The second kappa shape index (κ2) is 11.2. The SMILES string of the molecule is c1ccc(-c2ccc(-c3nc(-c4ccc(-c5nc(-c6ccccc6)c6ccccc6n5)cc4)c4c(n3)oc3ccccc34)cc2)cc1. The average Bonchev–Trinajstić information content (AvgIpc) is 3.53. The molecule has 0 N–H and O–H groups in total. The number of hydrogen-bond donors (Lipinski definition) is 0. The fourth-order valence-electron chi connectivity index (χ4n) is 6.20. The fraction of sp³-hybridized carbons (Fsp3) is 0. The summed E-state index contributed by atoms with van der Waals surface area (Å²) in [5.41, 5.74) is 10.2. The minimum atomic E-state index is 0.563. The molecule has 47 heavy (non-hydrogen) atoms. The Morgan fingerprint density at radius 1 is 0.340 bits per heavy atom. The van der Waals surface area contributed by atoms with E-state index < -0.39 is 0 Å². The molecule has 9 aromatic rings. The number of furan rings is 1. The molecule has 0 saturated carbocycles. The van der Waals surface area contributed by atoms with Crippen LogP contribution in [0.4, 0.5) is 0 Å². The van der Waals surface area contributed by atoms with Gasteiger partial charge < -0.3 is 4.42 Å². The van der Waals surface area contributed by atoms with Gasteiger partial charge in [-0.1, -0.05) is 146 Å². The largest absolute Gasteiger partial charge is 0.438 e. The van der Waals surface area contributed by atoms with Crippen LogP contribution in [0.1, 0.15) is 0 Å². The van der Waals surface area contributed by atoms with Gasteiger partial charge in [-0.15, -0.1) is 0 Å². The highest BCUT2D eigenvalue weighted by Gasteiger charge is 2.19. The second-order valence-electron chi connectivity index (χ2n) is 11.5. The highest BCUT2D eigenvalue weighted by atomic mass is 16.3. The lowest BCUT2D eigenvalue weighted by molar-refractivity contribution is 0.653. The number of fused-ring (bicyclic) bond motifs is 4. The number of para-hydroxylation sites is 2. The van der Waals surface area contributed by atoms with E-state index in [1.165, 1.54) is 5.56 Å². The van der Waals surface area contributed by atoms with Crippen molar-refractivity contribution < 1.29 is 4.42 Å². The maximum atomic E-state index is 6.29. The van der Waals surface area contributed by atoms with Gasteiger partial charge in [0.05, 0.1) is 22.3 Å². The molecule has 6 aromatic carbocycles. The van der Waals surface area contributed by atoms with E-state index in [1.54, 1.807) is 0 Å². The van der Waals surface area contributed by atoms with E-state index in [4.69, 9.17) is 24.4 Å². The predicted octanol–water partition coefficient (Wildman–Crippen LogP) is 10.7. The van der Waals surface area contributed by atoms with E-state index in [0.717, 1.165) is 66.5 Å². The maximum absolute atomic E-state index is 6.29. The Balaban J connectivity index is 1.16. The molecule has 3 aromatic heterocycles. The molecule has 220 valence electrons. The van der Waals surface area contributed by atoms with Crippen LogP contribution in [0.15, 0.2) is 162 Å². The van der Waals surface area contributed by atoms with Gasteiger partial charge >= 0.3 is 0 Å². The summed E-state index contributed by atoms with van der Waals surface area (Å²) in [4.78, 5) is 20.1. The molecule has 0 bridgehead atoms. The van der Waals surface area contributed by atoms with Crippen molar-refractivity contribution in [3.05, 3.63) is 158 Å². The summed E-state index contributed by atoms with van der Waals surface area (Å²) in [6, 6.07) is 53.5. The highest BCUT2D eigenvalue weighted by Crippen LogP contribution is 2.37. The lowest BCUT2D eigenvalue weighted by atomic mass is 10.0. The Hall–Kier alpha value is -6.46. The number of aromatic nitrogens is 4. The molecule has 3 heterocycles. The zero-order valence-electron chi connectivity index (χ0n) is 25.2. The number of nitrogens with zero attached hydrogens (tertiary/aromatic N) is 4. The molecule has 0 atom stereocenters. The first-order valence-electron chi connectivity index (χ1n) is 15.6. The zero-order chi connectivity index (χ0) is 31.2. The van der Waals surface area contributed by atoms with E-state index >= 15 is 0 Å². The van der Waals surface area contributed by atoms with Crippen molar-refractivity contribution in [2.24, 2.45) is 0 Å². The number of rotatable bonds is 5. The van der Waals surface area contributed by atoms with Crippen molar-refractivity contribution in [3.63, 3.8) is 0 Å². The smallest absolute Gasteiger partial charge is 0.231 e. The van der Waals surface area contributed by atoms with Gasteiger partial charge in [0.25, 0.3) is 0 Å². The summed E-state index contributed by atoms with van der Waals surface area (Å²) in [6.07, 6.45) is 0. The zero-order valence-corrected chi connectivity index (χ0v) is 25.2. The summed E-state index contributed by atoms with van der Waals surface area (Å²) in [7, 11) is 0. The quantitative estimate of drug-likeness (QED) is 0.196. The van der Waals surface area contributed by atoms with Crippen LogP contribution in [-0.4, -0.2) is 19.9 Å². The monoisotopic (exact) mass is 602 g/mol. The molecular formula is C42H26N4O. The van der Waals surface area contributed by atoms with E-state index in [2.05, 4.69) is 84.9 Å². The van der Waals surface area contributed by atoms with Crippen LogP contribution in [0.25, 0.3) is 89.4 Å². The minimum Gasteiger partial charge on any atom is -0.438 e. The first-order valence-corrected chi connectivity index (χ1v) is 15.6. The number of benzene rings is 6.